The molecular weight excluding hydrogens is 249 g/mol. The quantitative estimate of drug-likeness (QED) is 0.475. The molecular formula is C12H11F3O3. The second-order valence-electron chi connectivity index (χ2n) is 3.54. The zero-order chi connectivity index (χ0) is 13.9. The highest BCUT2D eigenvalue weighted by Gasteiger charge is 2.23. The smallest absolute Gasteiger partial charge is 0.379 e. The molecule has 0 aliphatic heterocycles. The molecule has 0 aromatic heterocycles. The van der Waals surface area contributed by atoms with E-state index in [1.54, 1.807) is 0 Å². The minimum atomic E-state index is -2.98. The highest BCUT2D eigenvalue weighted by Crippen LogP contribution is 2.26. The standard InChI is InChI=1S/C12H11F3O3/c1-3-18-12(17)10(16)7-4-6(2)9(11(14)15)8(13)5-7/h4-5,11H,3H2,1-2H3. The topological polar surface area (TPSA) is 43.4 Å². The lowest BCUT2D eigenvalue weighted by atomic mass is 10.0. The van der Waals surface area contributed by atoms with Crippen molar-refractivity contribution in [1.82, 2.24) is 0 Å². The Hall–Kier alpha value is -1.85. The number of carbonyl (C=O) groups excluding carboxylic acids is 2. The van der Waals surface area contributed by atoms with Crippen molar-refractivity contribution in [2.24, 2.45) is 0 Å². The van der Waals surface area contributed by atoms with E-state index < -0.39 is 29.6 Å². The summed E-state index contributed by atoms with van der Waals surface area (Å²) in [6.45, 7) is 2.75. The fraction of sp³-hybridized carbons (Fsp3) is 0.333. The van der Waals surface area contributed by atoms with Gasteiger partial charge < -0.3 is 4.74 Å². The van der Waals surface area contributed by atoms with Crippen molar-refractivity contribution in [3.8, 4) is 0 Å². The molecule has 0 unspecified atom stereocenters. The van der Waals surface area contributed by atoms with Crippen LogP contribution in [0.25, 0.3) is 0 Å². The molecule has 6 heteroatoms. The monoisotopic (exact) mass is 260 g/mol. The zero-order valence-electron chi connectivity index (χ0n) is 9.80. The van der Waals surface area contributed by atoms with Gasteiger partial charge in [0.05, 0.1) is 12.2 Å². The van der Waals surface area contributed by atoms with E-state index in [-0.39, 0.29) is 17.7 Å². The fourth-order valence-electron chi connectivity index (χ4n) is 1.48. The van der Waals surface area contributed by atoms with Crippen LogP contribution in [-0.4, -0.2) is 18.4 Å². The lowest BCUT2D eigenvalue weighted by Crippen LogP contribution is -2.18. The van der Waals surface area contributed by atoms with E-state index in [0.717, 1.165) is 6.07 Å². The summed E-state index contributed by atoms with van der Waals surface area (Å²) >= 11 is 0. The summed E-state index contributed by atoms with van der Waals surface area (Å²) < 4.78 is 42.8. The van der Waals surface area contributed by atoms with Crippen LogP contribution < -0.4 is 0 Å². The maximum atomic E-state index is 13.4. The van der Waals surface area contributed by atoms with Gasteiger partial charge >= 0.3 is 5.97 Å². The Kier molecular flexibility index (Phi) is 4.47. The first-order valence-electron chi connectivity index (χ1n) is 5.18. The van der Waals surface area contributed by atoms with Gasteiger partial charge in [-0.3, -0.25) is 4.79 Å². The minimum Gasteiger partial charge on any atom is -0.460 e. The Balaban J connectivity index is 3.14. The molecule has 3 nitrogen and oxygen atoms in total. The van der Waals surface area contributed by atoms with E-state index >= 15 is 0 Å². The van der Waals surface area contributed by atoms with Gasteiger partial charge in [-0.25, -0.2) is 18.0 Å². The number of rotatable bonds is 4. The number of esters is 1. The van der Waals surface area contributed by atoms with Gasteiger partial charge in [0, 0.05) is 5.56 Å². The number of ketones is 1. The molecule has 0 radical (unpaired) electrons. The first-order valence-corrected chi connectivity index (χ1v) is 5.18. The second kappa shape index (κ2) is 5.66. The summed E-state index contributed by atoms with van der Waals surface area (Å²) in [7, 11) is 0. The van der Waals surface area contributed by atoms with Crippen LogP contribution in [0, 0.1) is 12.7 Å². The molecule has 0 bridgehead atoms. The summed E-state index contributed by atoms with van der Waals surface area (Å²) in [6.07, 6.45) is -2.98. The summed E-state index contributed by atoms with van der Waals surface area (Å²) in [5.41, 5.74) is -1.15. The van der Waals surface area contributed by atoms with Crippen molar-refractivity contribution in [2.45, 2.75) is 20.3 Å². The van der Waals surface area contributed by atoms with Gasteiger partial charge in [-0.2, -0.15) is 0 Å². The number of ether oxygens (including phenoxy) is 1. The first kappa shape index (κ1) is 14.2. The Morgan fingerprint density at radius 2 is 1.94 bits per heavy atom. The Bertz CT molecular complexity index is 460. The van der Waals surface area contributed by atoms with Crippen LogP contribution >= 0.6 is 0 Å². The van der Waals surface area contributed by atoms with Crippen LogP contribution in [0.2, 0.25) is 0 Å². The number of hydrogen-bond acceptors (Lipinski definition) is 3. The van der Waals surface area contributed by atoms with Crippen molar-refractivity contribution in [2.75, 3.05) is 6.61 Å². The normalized spacial score (nSPS) is 10.6. The molecule has 0 saturated carbocycles. The average molecular weight is 260 g/mol. The molecule has 0 spiro atoms. The molecule has 0 amide bonds. The average Bonchev–Trinajstić information content (AvgIpc) is 2.26. The third-order valence-electron chi connectivity index (χ3n) is 2.28. The van der Waals surface area contributed by atoms with E-state index in [0.29, 0.717) is 6.07 Å². The van der Waals surface area contributed by atoms with Crippen molar-refractivity contribution in [3.63, 3.8) is 0 Å². The molecule has 0 fully saturated rings. The van der Waals surface area contributed by atoms with E-state index in [9.17, 15) is 22.8 Å². The molecule has 0 saturated heterocycles. The second-order valence-corrected chi connectivity index (χ2v) is 3.54. The lowest BCUT2D eigenvalue weighted by molar-refractivity contribution is -0.137. The van der Waals surface area contributed by atoms with Crippen molar-refractivity contribution in [1.29, 1.82) is 0 Å². The SMILES string of the molecule is CCOC(=O)C(=O)c1cc(C)c(C(F)F)c(F)c1. The van der Waals surface area contributed by atoms with Crippen LogP contribution in [-0.2, 0) is 9.53 Å². The predicted octanol–water partition coefficient (Wildman–Crippen LogP) is 2.82. The van der Waals surface area contributed by atoms with Crippen molar-refractivity contribution >= 4 is 11.8 Å². The number of carbonyl (C=O) groups is 2. The number of benzene rings is 1. The minimum absolute atomic E-state index is 0.00115. The third kappa shape index (κ3) is 2.88. The zero-order valence-corrected chi connectivity index (χ0v) is 9.80. The Morgan fingerprint density at radius 3 is 2.39 bits per heavy atom. The Labute approximate surface area is 102 Å². The largest absolute Gasteiger partial charge is 0.460 e. The molecule has 0 N–H and O–H groups in total. The third-order valence-corrected chi connectivity index (χ3v) is 2.28. The van der Waals surface area contributed by atoms with Gasteiger partial charge in [0.2, 0.25) is 0 Å². The molecule has 1 aromatic carbocycles. The number of hydrogen-bond donors (Lipinski definition) is 0. The van der Waals surface area contributed by atoms with Gasteiger partial charge in [-0.1, -0.05) is 0 Å². The number of Topliss-reactive ketones (excluding diaryl/α,β-unsaturated/α-hetero) is 1. The van der Waals surface area contributed by atoms with Gasteiger partial charge in [0.15, 0.2) is 0 Å². The van der Waals surface area contributed by atoms with E-state index in [1.807, 2.05) is 0 Å². The maximum Gasteiger partial charge on any atom is 0.379 e. The summed E-state index contributed by atoms with van der Waals surface area (Å²) in [4.78, 5) is 22.6. The van der Waals surface area contributed by atoms with Crippen molar-refractivity contribution < 1.29 is 27.5 Å². The molecule has 0 atom stereocenters. The molecule has 0 heterocycles. The van der Waals surface area contributed by atoms with E-state index in [4.69, 9.17) is 0 Å². The summed E-state index contributed by atoms with van der Waals surface area (Å²) in [5.74, 6) is -3.40. The Morgan fingerprint density at radius 1 is 1.33 bits per heavy atom. The number of halogens is 3. The van der Waals surface area contributed by atoms with Gasteiger partial charge in [-0.05, 0) is 31.5 Å². The van der Waals surface area contributed by atoms with Crippen molar-refractivity contribution in [3.05, 3.63) is 34.6 Å². The lowest BCUT2D eigenvalue weighted by Gasteiger charge is -2.08. The number of aryl methyl sites for hydroxylation is 1. The molecule has 1 rings (SSSR count). The maximum absolute atomic E-state index is 13.4. The van der Waals surface area contributed by atoms with Gasteiger partial charge in [0.25, 0.3) is 12.2 Å². The van der Waals surface area contributed by atoms with Crippen LogP contribution in [0.1, 0.15) is 34.8 Å². The highest BCUT2D eigenvalue weighted by atomic mass is 19.3. The first-order chi connectivity index (χ1) is 8.38. The van der Waals surface area contributed by atoms with E-state index in [2.05, 4.69) is 4.74 Å². The van der Waals surface area contributed by atoms with Crippen LogP contribution in [0.3, 0.4) is 0 Å². The van der Waals surface area contributed by atoms with Gasteiger partial charge in [-0.15, -0.1) is 0 Å². The molecule has 0 aliphatic rings. The fourth-order valence-corrected chi connectivity index (χ4v) is 1.48. The predicted molar refractivity (Wildman–Crippen MR) is 57.1 cm³/mol. The summed E-state index contributed by atoms with van der Waals surface area (Å²) in [6, 6.07) is 1.66. The van der Waals surface area contributed by atoms with Crippen LogP contribution in [0.5, 0.6) is 0 Å². The highest BCUT2D eigenvalue weighted by molar-refractivity contribution is 6.40. The number of alkyl halides is 2. The van der Waals surface area contributed by atoms with E-state index in [1.165, 1.54) is 13.8 Å². The van der Waals surface area contributed by atoms with Crippen LogP contribution in [0.4, 0.5) is 13.2 Å². The molecule has 0 aliphatic carbocycles. The molecule has 98 valence electrons. The molecule has 18 heavy (non-hydrogen) atoms. The van der Waals surface area contributed by atoms with Crippen LogP contribution in [0.15, 0.2) is 12.1 Å². The molecule has 1 aromatic rings. The van der Waals surface area contributed by atoms with Gasteiger partial charge in [0.1, 0.15) is 5.82 Å². The summed E-state index contributed by atoms with van der Waals surface area (Å²) in [5, 5.41) is 0.